The Balaban J connectivity index is 2.39. The third-order valence-corrected chi connectivity index (χ3v) is 2.59. The number of aliphatic hydroxyl groups excluding tert-OH is 2. The van der Waals surface area contributed by atoms with E-state index in [4.69, 9.17) is 9.84 Å². The van der Waals surface area contributed by atoms with Crippen molar-refractivity contribution in [2.24, 2.45) is 0 Å². The minimum Gasteiger partial charge on any atom is -0.445 e. The molecule has 0 aliphatic carbocycles. The van der Waals surface area contributed by atoms with Crippen molar-refractivity contribution in [2.75, 3.05) is 6.61 Å². The van der Waals surface area contributed by atoms with Crippen LogP contribution in [0, 0.1) is 0 Å². The molecule has 0 saturated heterocycles. The molecule has 3 N–H and O–H groups in total. The first-order chi connectivity index (χ1) is 9.17. The first-order valence-electron chi connectivity index (χ1n) is 6.04. The third-order valence-electron chi connectivity index (χ3n) is 2.59. The molecular weight excluding hydrogens is 246 g/mol. The van der Waals surface area contributed by atoms with Crippen LogP contribution in [0.5, 0.6) is 0 Å². The van der Waals surface area contributed by atoms with E-state index >= 15 is 0 Å². The second kappa shape index (κ2) is 8.29. The fraction of sp³-hybridized carbons (Fsp3) is 0.357. The van der Waals surface area contributed by atoms with Gasteiger partial charge < -0.3 is 20.3 Å². The van der Waals surface area contributed by atoms with E-state index in [2.05, 4.69) is 11.9 Å². The lowest BCUT2D eigenvalue weighted by Gasteiger charge is -2.20. The van der Waals surface area contributed by atoms with Crippen LogP contribution in [0.25, 0.3) is 0 Å². The average Bonchev–Trinajstić information content (AvgIpc) is 2.44. The molecule has 2 atom stereocenters. The number of rotatable bonds is 7. The monoisotopic (exact) mass is 265 g/mol. The molecule has 0 aromatic heterocycles. The van der Waals surface area contributed by atoms with Crippen molar-refractivity contribution in [2.45, 2.75) is 25.2 Å². The van der Waals surface area contributed by atoms with E-state index in [0.29, 0.717) is 0 Å². The summed E-state index contributed by atoms with van der Waals surface area (Å²) in [5.74, 6) is 0. The number of aliphatic hydroxyl groups is 2. The van der Waals surface area contributed by atoms with Gasteiger partial charge in [-0.2, -0.15) is 0 Å². The summed E-state index contributed by atoms with van der Waals surface area (Å²) in [6.07, 6.45) is 0.242. The van der Waals surface area contributed by atoms with E-state index in [9.17, 15) is 9.90 Å². The van der Waals surface area contributed by atoms with Gasteiger partial charge in [0.2, 0.25) is 0 Å². The highest BCUT2D eigenvalue weighted by Gasteiger charge is 2.19. The van der Waals surface area contributed by atoms with Crippen molar-refractivity contribution in [3.05, 3.63) is 48.6 Å². The van der Waals surface area contributed by atoms with Crippen molar-refractivity contribution < 1.29 is 19.7 Å². The molecule has 0 heterocycles. The molecule has 1 rings (SSSR count). The van der Waals surface area contributed by atoms with E-state index in [0.717, 1.165) is 5.56 Å². The summed E-state index contributed by atoms with van der Waals surface area (Å²) < 4.78 is 4.99. The maximum absolute atomic E-state index is 11.5. The highest BCUT2D eigenvalue weighted by molar-refractivity contribution is 5.67. The van der Waals surface area contributed by atoms with Gasteiger partial charge in [0.05, 0.1) is 18.8 Å². The fourth-order valence-corrected chi connectivity index (χ4v) is 1.51. The largest absolute Gasteiger partial charge is 0.445 e. The van der Waals surface area contributed by atoms with Gasteiger partial charge in [0.25, 0.3) is 0 Å². The predicted octanol–water partition coefficient (Wildman–Crippen LogP) is 1.21. The van der Waals surface area contributed by atoms with Crippen LogP contribution in [-0.2, 0) is 11.3 Å². The first kappa shape index (κ1) is 15.2. The molecule has 0 fully saturated rings. The van der Waals surface area contributed by atoms with Gasteiger partial charge in [-0.3, -0.25) is 0 Å². The summed E-state index contributed by atoms with van der Waals surface area (Å²) in [6.45, 7) is 3.26. The zero-order chi connectivity index (χ0) is 14.1. The van der Waals surface area contributed by atoms with Gasteiger partial charge in [0.15, 0.2) is 0 Å². The Kier molecular flexibility index (Phi) is 6.63. The zero-order valence-electron chi connectivity index (χ0n) is 10.7. The van der Waals surface area contributed by atoms with Gasteiger partial charge in [-0.15, -0.1) is 6.58 Å². The number of alkyl carbamates (subject to hydrolysis) is 1. The van der Waals surface area contributed by atoms with Gasteiger partial charge in [0.1, 0.15) is 6.61 Å². The van der Waals surface area contributed by atoms with Crippen LogP contribution in [-0.4, -0.2) is 35.1 Å². The van der Waals surface area contributed by atoms with Gasteiger partial charge in [-0.05, 0) is 12.0 Å². The van der Waals surface area contributed by atoms with Crippen molar-refractivity contribution in [3.8, 4) is 0 Å². The number of nitrogens with one attached hydrogen (secondary N) is 1. The Labute approximate surface area is 112 Å². The maximum atomic E-state index is 11.5. The predicted molar refractivity (Wildman–Crippen MR) is 71.5 cm³/mol. The quantitative estimate of drug-likeness (QED) is 0.647. The smallest absolute Gasteiger partial charge is 0.407 e. The number of benzene rings is 1. The summed E-state index contributed by atoms with van der Waals surface area (Å²) in [5.41, 5.74) is 0.866. The van der Waals surface area contributed by atoms with Crippen molar-refractivity contribution >= 4 is 6.09 Å². The molecule has 0 saturated carbocycles. The lowest BCUT2D eigenvalue weighted by Crippen LogP contribution is -2.45. The summed E-state index contributed by atoms with van der Waals surface area (Å²) in [5, 5.41) is 21.1. The van der Waals surface area contributed by atoms with Crippen LogP contribution >= 0.6 is 0 Å². The van der Waals surface area contributed by atoms with E-state index in [-0.39, 0.29) is 19.6 Å². The summed E-state index contributed by atoms with van der Waals surface area (Å²) in [7, 11) is 0. The summed E-state index contributed by atoms with van der Waals surface area (Å²) >= 11 is 0. The minimum absolute atomic E-state index is 0.141. The minimum atomic E-state index is -0.883. The van der Waals surface area contributed by atoms with Crippen LogP contribution in [0.4, 0.5) is 4.79 Å². The molecule has 1 amide bonds. The zero-order valence-corrected chi connectivity index (χ0v) is 10.7. The molecule has 1 aromatic carbocycles. The number of ether oxygens (including phenoxy) is 1. The standard InChI is InChI=1S/C14H19NO4/c1-2-6-13(17)12(9-16)15-14(18)19-10-11-7-4-3-5-8-11/h2-5,7-8,12-13,16-17H,1,6,9-10H2,(H,15,18)/t12-,13-/m0/s1. The molecule has 0 unspecified atom stereocenters. The fourth-order valence-electron chi connectivity index (χ4n) is 1.51. The highest BCUT2D eigenvalue weighted by atomic mass is 16.5. The molecule has 0 bridgehead atoms. The Bertz CT molecular complexity index is 394. The Morgan fingerprint density at radius 1 is 1.42 bits per heavy atom. The van der Waals surface area contributed by atoms with Crippen molar-refractivity contribution in [1.29, 1.82) is 0 Å². The van der Waals surface area contributed by atoms with Crippen molar-refractivity contribution in [1.82, 2.24) is 5.32 Å². The maximum Gasteiger partial charge on any atom is 0.407 e. The molecule has 1 aromatic rings. The SMILES string of the molecule is C=CC[C@H](O)[C@H](CO)NC(=O)OCc1ccccc1. The lowest BCUT2D eigenvalue weighted by molar-refractivity contribution is 0.0780. The Morgan fingerprint density at radius 3 is 2.68 bits per heavy atom. The Hall–Kier alpha value is -1.85. The van der Waals surface area contributed by atoms with Crippen molar-refractivity contribution in [3.63, 3.8) is 0 Å². The van der Waals surface area contributed by atoms with Gasteiger partial charge in [-0.25, -0.2) is 4.79 Å². The molecular formula is C14H19NO4. The van der Waals surface area contributed by atoms with Gasteiger partial charge in [0, 0.05) is 0 Å². The number of hydrogen-bond acceptors (Lipinski definition) is 4. The molecule has 0 radical (unpaired) electrons. The summed E-state index contributed by atoms with van der Waals surface area (Å²) in [6, 6.07) is 8.48. The number of hydrogen-bond donors (Lipinski definition) is 3. The number of carbonyl (C=O) groups excluding carboxylic acids is 1. The molecule has 19 heavy (non-hydrogen) atoms. The van der Waals surface area contributed by atoms with E-state index < -0.39 is 18.2 Å². The van der Waals surface area contributed by atoms with Crippen LogP contribution in [0.15, 0.2) is 43.0 Å². The van der Waals surface area contributed by atoms with Crippen LogP contribution in [0.1, 0.15) is 12.0 Å². The normalized spacial score (nSPS) is 13.4. The van der Waals surface area contributed by atoms with Crippen LogP contribution in [0.2, 0.25) is 0 Å². The molecule has 104 valence electrons. The van der Waals surface area contributed by atoms with E-state index in [1.807, 2.05) is 30.3 Å². The van der Waals surface area contributed by atoms with E-state index in [1.165, 1.54) is 6.08 Å². The second-order valence-corrected chi connectivity index (χ2v) is 4.09. The third kappa shape index (κ3) is 5.54. The van der Waals surface area contributed by atoms with Gasteiger partial charge in [-0.1, -0.05) is 36.4 Å². The van der Waals surface area contributed by atoms with E-state index in [1.54, 1.807) is 0 Å². The highest BCUT2D eigenvalue weighted by Crippen LogP contribution is 2.03. The van der Waals surface area contributed by atoms with Crippen LogP contribution < -0.4 is 5.32 Å². The molecule has 0 spiro atoms. The molecule has 0 aliphatic rings. The molecule has 5 nitrogen and oxygen atoms in total. The Morgan fingerprint density at radius 2 is 2.11 bits per heavy atom. The molecule has 5 heteroatoms. The number of carbonyl (C=O) groups is 1. The van der Waals surface area contributed by atoms with Crippen LogP contribution in [0.3, 0.4) is 0 Å². The number of amides is 1. The first-order valence-corrected chi connectivity index (χ1v) is 6.04. The van der Waals surface area contributed by atoms with Gasteiger partial charge >= 0.3 is 6.09 Å². The second-order valence-electron chi connectivity index (χ2n) is 4.09. The lowest BCUT2D eigenvalue weighted by atomic mass is 10.1. The topological polar surface area (TPSA) is 78.8 Å². The average molecular weight is 265 g/mol. The molecule has 0 aliphatic heterocycles. The summed E-state index contributed by atoms with van der Waals surface area (Å²) in [4.78, 5) is 11.5.